The van der Waals surface area contributed by atoms with Crippen LogP contribution in [0.5, 0.6) is 0 Å². The molecule has 0 saturated carbocycles. The SMILES string of the molecule is CC(CBr)CNS(=O)(=O)c1ccccc1C(F)(F)F. The monoisotopic (exact) mass is 359 g/mol. The van der Waals surface area contributed by atoms with E-state index in [4.69, 9.17) is 0 Å². The van der Waals surface area contributed by atoms with Crippen molar-refractivity contribution in [1.29, 1.82) is 0 Å². The minimum Gasteiger partial charge on any atom is -0.211 e. The van der Waals surface area contributed by atoms with Crippen LogP contribution in [0.4, 0.5) is 13.2 Å². The third kappa shape index (κ3) is 4.47. The van der Waals surface area contributed by atoms with Gasteiger partial charge in [-0.1, -0.05) is 35.0 Å². The van der Waals surface area contributed by atoms with Crippen molar-refractivity contribution in [2.75, 3.05) is 11.9 Å². The Morgan fingerprint density at radius 3 is 2.42 bits per heavy atom. The molecule has 0 spiro atoms. The standard InChI is InChI=1S/C11H13BrF3NO2S/c1-8(6-12)7-16-19(17,18)10-5-3-2-4-9(10)11(13,14)15/h2-5,8,16H,6-7H2,1H3. The summed E-state index contributed by atoms with van der Waals surface area (Å²) in [5, 5.41) is 0.552. The number of rotatable bonds is 5. The molecular formula is C11H13BrF3NO2S. The molecule has 1 rings (SSSR count). The van der Waals surface area contributed by atoms with Gasteiger partial charge in [0, 0.05) is 11.9 Å². The summed E-state index contributed by atoms with van der Waals surface area (Å²) in [7, 11) is -4.17. The lowest BCUT2D eigenvalue weighted by molar-refractivity contribution is -0.139. The maximum Gasteiger partial charge on any atom is 0.417 e. The summed E-state index contributed by atoms with van der Waals surface area (Å²) >= 11 is 3.17. The zero-order valence-electron chi connectivity index (χ0n) is 10.0. The number of nitrogens with one attached hydrogen (secondary N) is 1. The third-order valence-corrected chi connectivity index (χ3v) is 4.95. The molecule has 0 amide bonds. The maximum absolute atomic E-state index is 12.7. The highest BCUT2D eigenvalue weighted by Gasteiger charge is 2.36. The predicted molar refractivity (Wildman–Crippen MR) is 69.6 cm³/mol. The van der Waals surface area contributed by atoms with Gasteiger partial charge in [-0.2, -0.15) is 13.2 Å². The molecule has 0 aliphatic carbocycles. The zero-order valence-corrected chi connectivity index (χ0v) is 12.4. The van der Waals surface area contributed by atoms with Crippen molar-refractivity contribution in [2.45, 2.75) is 18.0 Å². The van der Waals surface area contributed by atoms with Gasteiger partial charge in [0.1, 0.15) is 0 Å². The molecule has 0 radical (unpaired) electrons. The van der Waals surface area contributed by atoms with E-state index in [0.717, 1.165) is 18.2 Å². The van der Waals surface area contributed by atoms with E-state index >= 15 is 0 Å². The minimum atomic E-state index is -4.70. The number of benzene rings is 1. The van der Waals surface area contributed by atoms with Gasteiger partial charge < -0.3 is 0 Å². The van der Waals surface area contributed by atoms with Crippen molar-refractivity contribution < 1.29 is 21.6 Å². The highest BCUT2D eigenvalue weighted by atomic mass is 79.9. The summed E-state index contributed by atoms with van der Waals surface area (Å²) in [6, 6.07) is 4.12. The van der Waals surface area contributed by atoms with Crippen LogP contribution in [0.25, 0.3) is 0 Å². The Balaban J connectivity index is 3.09. The lowest BCUT2D eigenvalue weighted by Crippen LogP contribution is -2.30. The van der Waals surface area contributed by atoms with Crippen LogP contribution in [0.3, 0.4) is 0 Å². The smallest absolute Gasteiger partial charge is 0.211 e. The fraction of sp³-hybridized carbons (Fsp3) is 0.455. The number of sulfonamides is 1. The normalized spacial score (nSPS) is 14.4. The van der Waals surface area contributed by atoms with Gasteiger partial charge >= 0.3 is 6.18 Å². The molecular weight excluding hydrogens is 347 g/mol. The van der Waals surface area contributed by atoms with E-state index in [0.29, 0.717) is 5.33 Å². The predicted octanol–water partition coefficient (Wildman–Crippen LogP) is 3.01. The quantitative estimate of drug-likeness (QED) is 0.821. The molecule has 0 aromatic heterocycles. The van der Waals surface area contributed by atoms with Gasteiger partial charge in [-0.3, -0.25) is 0 Å². The third-order valence-electron chi connectivity index (χ3n) is 2.37. The second-order valence-corrected chi connectivity index (χ2v) is 6.49. The second-order valence-electron chi connectivity index (χ2n) is 4.11. The van der Waals surface area contributed by atoms with Crippen LogP contribution in [0.15, 0.2) is 29.2 Å². The van der Waals surface area contributed by atoms with Crippen molar-refractivity contribution in [1.82, 2.24) is 4.72 Å². The molecule has 0 aliphatic rings. The molecule has 3 nitrogen and oxygen atoms in total. The van der Waals surface area contributed by atoms with Crippen LogP contribution in [0, 0.1) is 5.92 Å². The molecule has 8 heteroatoms. The van der Waals surface area contributed by atoms with E-state index < -0.39 is 26.7 Å². The largest absolute Gasteiger partial charge is 0.417 e. The fourth-order valence-electron chi connectivity index (χ4n) is 1.32. The Kier molecular flexibility index (Phi) is 5.40. The molecule has 0 aliphatic heterocycles. The van der Waals surface area contributed by atoms with Crippen molar-refractivity contribution >= 4 is 26.0 Å². The summed E-state index contributed by atoms with van der Waals surface area (Å²) in [4.78, 5) is -0.746. The Morgan fingerprint density at radius 2 is 1.89 bits per heavy atom. The Labute approximate surface area is 118 Å². The van der Waals surface area contributed by atoms with Crippen LogP contribution in [0.2, 0.25) is 0 Å². The van der Waals surface area contributed by atoms with Gasteiger partial charge in [-0.05, 0) is 18.1 Å². The summed E-state index contributed by atoms with van der Waals surface area (Å²) in [5.41, 5.74) is -1.16. The van der Waals surface area contributed by atoms with Crippen LogP contribution in [-0.4, -0.2) is 20.3 Å². The molecule has 1 aromatic carbocycles. The first-order valence-corrected chi connectivity index (χ1v) is 8.01. The van der Waals surface area contributed by atoms with Crippen LogP contribution in [-0.2, 0) is 16.2 Å². The number of halogens is 4. The molecule has 0 saturated heterocycles. The molecule has 1 atom stereocenters. The van der Waals surface area contributed by atoms with E-state index in [9.17, 15) is 21.6 Å². The summed E-state index contributed by atoms with van der Waals surface area (Å²) < 4.78 is 64.2. The average Bonchev–Trinajstić information content (AvgIpc) is 2.35. The first-order valence-electron chi connectivity index (χ1n) is 5.40. The maximum atomic E-state index is 12.7. The highest BCUT2D eigenvalue weighted by molar-refractivity contribution is 9.09. The Bertz CT molecular complexity index is 531. The zero-order chi connectivity index (χ0) is 14.7. The van der Waals surface area contributed by atoms with E-state index in [1.165, 1.54) is 6.07 Å². The number of alkyl halides is 4. The fourth-order valence-corrected chi connectivity index (χ4v) is 2.94. The van der Waals surface area contributed by atoms with Crippen molar-refractivity contribution in [2.24, 2.45) is 5.92 Å². The topological polar surface area (TPSA) is 46.2 Å². The summed E-state index contributed by atoms with van der Waals surface area (Å²) in [6.45, 7) is 1.84. The molecule has 1 N–H and O–H groups in total. The molecule has 108 valence electrons. The average molecular weight is 360 g/mol. The van der Waals surface area contributed by atoms with Crippen LogP contribution in [0.1, 0.15) is 12.5 Å². The van der Waals surface area contributed by atoms with Crippen LogP contribution >= 0.6 is 15.9 Å². The number of hydrogen-bond donors (Lipinski definition) is 1. The molecule has 0 heterocycles. The minimum absolute atomic E-state index is 0.0205. The van der Waals surface area contributed by atoms with Crippen LogP contribution < -0.4 is 4.72 Å². The molecule has 1 unspecified atom stereocenters. The van der Waals surface area contributed by atoms with Crippen molar-refractivity contribution in [3.8, 4) is 0 Å². The van der Waals surface area contributed by atoms with Crippen molar-refractivity contribution in [3.63, 3.8) is 0 Å². The molecule has 19 heavy (non-hydrogen) atoms. The molecule has 0 fully saturated rings. The Morgan fingerprint density at radius 1 is 1.32 bits per heavy atom. The van der Waals surface area contributed by atoms with Gasteiger partial charge in [0.25, 0.3) is 0 Å². The lowest BCUT2D eigenvalue weighted by Gasteiger charge is -2.15. The molecule has 0 bridgehead atoms. The van der Waals surface area contributed by atoms with Gasteiger partial charge in [0.2, 0.25) is 10.0 Å². The Hall–Kier alpha value is -0.600. The van der Waals surface area contributed by atoms with Gasteiger partial charge in [-0.25, -0.2) is 13.1 Å². The lowest BCUT2D eigenvalue weighted by atomic mass is 10.2. The summed E-state index contributed by atoms with van der Waals surface area (Å²) in [6.07, 6.45) is -4.70. The molecule has 1 aromatic rings. The van der Waals surface area contributed by atoms with E-state index in [1.54, 1.807) is 6.92 Å². The van der Waals surface area contributed by atoms with Gasteiger partial charge in [-0.15, -0.1) is 0 Å². The second kappa shape index (κ2) is 6.23. The first kappa shape index (κ1) is 16.5. The van der Waals surface area contributed by atoms with E-state index in [1.807, 2.05) is 0 Å². The van der Waals surface area contributed by atoms with E-state index in [2.05, 4.69) is 20.7 Å². The van der Waals surface area contributed by atoms with Crippen molar-refractivity contribution in [3.05, 3.63) is 29.8 Å². The number of hydrogen-bond acceptors (Lipinski definition) is 2. The van der Waals surface area contributed by atoms with E-state index in [-0.39, 0.29) is 12.5 Å². The summed E-state index contributed by atoms with van der Waals surface area (Å²) in [5.74, 6) is -0.0205. The van der Waals surface area contributed by atoms with Gasteiger partial charge in [0.15, 0.2) is 0 Å². The van der Waals surface area contributed by atoms with Gasteiger partial charge in [0.05, 0.1) is 10.5 Å². The highest BCUT2D eigenvalue weighted by Crippen LogP contribution is 2.33. The first-order chi connectivity index (χ1) is 8.68.